The molecule has 1 aliphatic carbocycles. The second-order valence-electron chi connectivity index (χ2n) is 7.33. The normalized spacial score (nSPS) is 14.0. The second kappa shape index (κ2) is 7.10. The molecule has 1 amide bonds. The number of hydrogen-bond donors (Lipinski definition) is 5. The fourth-order valence-electron chi connectivity index (χ4n) is 4.10. The maximum absolute atomic E-state index is 13.1. The van der Waals surface area contributed by atoms with E-state index in [-0.39, 0.29) is 11.9 Å². The highest BCUT2D eigenvalue weighted by Crippen LogP contribution is 2.35. The molecule has 7 nitrogen and oxygen atoms in total. The van der Waals surface area contributed by atoms with Gasteiger partial charge in [0.05, 0.1) is 11.9 Å². The minimum Gasteiger partial charge on any atom is -0.387 e. The smallest absolute Gasteiger partial charge is 0.251 e. The summed E-state index contributed by atoms with van der Waals surface area (Å²) in [7, 11) is 0. The minimum absolute atomic E-state index is 0.110. The number of carbonyl (C=O) groups is 1. The van der Waals surface area contributed by atoms with Crippen molar-refractivity contribution in [3.8, 4) is 11.1 Å². The summed E-state index contributed by atoms with van der Waals surface area (Å²) in [5, 5.41) is 14.7. The van der Waals surface area contributed by atoms with Gasteiger partial charge in [0.2, 0.25) is 0 Å². The maximum Gasteiger partial charge on any atom is 0.251 e. The molecule has 1 aromatic heterocycles. The van der Waals surface area contributed by atoms with Gasteiger partial charge in [-0.15, -0.1) is 0 Å². The molecule has 0 saturated carbocycles. The lowest BCUT2D eigenvalue weighted by Crippen LogP contribution is -2.41. The third-order valence-electron chi connectivity index (χ3n) is 5.53. The Labute approximate surface area is 167 Å². The molecule has 7 heteroatoms. The highest BCUT2D eigenvalue weighted by atomic mass is 16.1. The molecule has 3 heterocycles. The minimum atomic E-state index is -0.159. The summed E-state index contributed by atoms with van der Waals surface area (Å²) >= 11 is 0. The fourth-order valence-corrected chi connectivity index (χ4v) is 4.10. The first kappa shape index (κ1) is 17.5. The molecule has 0 bridgehead atoms. The Morgan fingerprint density at radius 3 is 3.10 bits per heavy atom. The zero-order valence-electron chi connectivity index (χ0n) is 15.8. The number of nitrogens with two attached hydrogens (primary N) is 1. The first-order chi connectivity index (χ1) is 14.2. The van der Waals surface area contributed by atoms with E-state index in [1.54, 1.807) is 6.20 Å². The molecule has 2 aliphatic heterocycles. The summed E-state index contributed by atoms with van der Waals surface area (Å²) < 4.78 is 0. The molecule has 0 spiro atoms. The van der Waals surface area contributed by atoms with Crippen LogP contribution in [0, 0.1) is 0 Å². The lowest BCUT2D eigenvalue weighted by atomic mass is 10.0. The van der Waals surface area contributed by atoms with Gasteiger partial charge in [0, 0.05) is 52.9 Å². The average Bonchev–Trinajstić information content (AvgIpc) is 3.25. The van der Waals surface area contributed by atoms with Crippen LogP contribution in [0.3, 0.4) is 0 Å². The van der Waals surface area contributed by atoms with Crippen molar-refractivity contribution in [2.24, 2.45) is 5.73 Å². The van der Waals surface area contributed by atoms with E-state index < -0.39 is 0 Å². The third-order valence-corrected chi connectivity index (χ3v) is 5.53. The molecule has 0 saturated heterocycles. The van der Waals surface area contributed by atoms with Crippen LogP contribution in [-0.4, -0.2) is 33.7 Å². The lowest BCUT2D eigenvalue weighted by molar-refractivity contribution is 0.0937. The van der Waals surface area contributed by atoms with Crippen LogP contribution in [0.25, 0.3) is 28.1 Å². The predicted molar refractivity (Wildman–Crippen MR) is 113 cm³/mol. The summed E-state index contributed by atoms with van der Waals surface area (Å²) in [6.45, 7) is 0.949. The van der Waals surface area contributed by atoms with E-state index in [9.17, 15) is 4.79 Å². The number of carbonyl (C=O) groups excluding carboxylic acids is 1. The maximum atomic E-state index is 13.1. The largest absolute Gasteiger partial charge is 0.387 e. The van der Waals surface area contributed by atoms with Crippen LogP contribution in [0.2, 0.25) is 0 Å². The van der Waals surface area contributed by atoms with E-state index in [0.717, 1.165) is 38.9 Å². The third kappa shape index (κ3) is 3.05. The number of rotatable bonds is 5. The second-order valence-corrected chi connectivity index (χ2v) is 7.33. The van der Waals surface area contributed by atoms with Crippen molar-refractivity contribution < 1.29 is 4.79 Å². The quantitative estimate of drug-likeness (QED) is 0.362. The van der Waals surface area contributed by atoms with E-state index in [1.807, 2.05) is 42.7 Å². The number of benzene rings is 1. The number of hydrogen-bond acceptors (Lipinski definition) is 4. The molecule has 2 aromatic rings. The first-order valence-corrected chi connectivity index (χ1v) is 9.69. The summed E-state index contributed by atoms with van der Waals surface area (Å²) in [6, 6.07) is 9.89. The highest BCUT2D eigenvalue weighted by molar-refractivity contribution is 6.01. The van der Waals surface area contributed by atoms with Gasteiger partial charge in [0.1, 0.15) is 0 Å². The summed E-state index contributed by atoms with van der Waals surface area (Å²) in [6.07, 6.45) is 8.22. The molecule has 5 rings (SSSR count). The monoisotopic (exact) mass is 386 g/mol. The van der Waals surface area contributed by atoms with Crippen molar-refractivity contribution in [3.05, 3.63) is 71.3 Å². The van der Waals surface area contributed by atoms with Gasteiger partial charge < -0.3 is 21.4 Å². The van der Waals surface area contributed by atoms with Gasteiger partial charge in [-0.25, -0.2) is 0 Å². The summed E-state index contributed by atoms with van der Waals surface area (Å²) in [5.74, 6) is -0.110. The average molecular weight is 386 g/mol. The number of nitrogens with zero attached hydrogens (tertiary/aromatic N) is 1. The van der Waals surface area contributed by atoms with Crippen molar-refractivity contribution in [2.45, 2.75) is 19.0 Å². The Balaban J connectivity index is 1.42. The Kier molecular flexibility index (Phi) is 4.29. The highest BCUT2D eigenvalue weighted by Gasteiger charge is 2.25. The standard InChI is InChI=1S/C22H22N6O/c23-9-15(7-13-10-25-19-4-2-1-3-16(13)19)27-22(29)17-8-14-11-26-28-20-5-6-24-12-18(17)21(14)20/h1-6,8,10-11,15,24-25,28H,7,9,12,23H2,(H,27,29)/t15-/m0/s1. The van der Waals surface area contributed by atoms with Gasteiger partial charge in [0.25, 0.3) is 5.91 Å². The van der Waals surface area contributed by atoms with Crippen molar-refractivity contribution in [1.82, 2.24) is 25.8 Å². The Hall–Kier alpha value is -3.58. The SMILES string of the molecule is NC[C@H](Cc1c[nH]c2ccccc12)NC(=O)c1cc2cn[nH]c3c-2c1CNC=C3. The number of aromatic amines is 2. The number of amides is 1. The van der Waals surface area contributed by atoms with E-state index in [0.29, 0.717) is 25.1 Å². The number of aromatic nitrogens is 3. The number of fused-ring (bicyclic) bond motifs is 1. The van der Waals surface area contributed by atoms with Gasteiger partial charge in [-0.2, -0.15) is 5.10 Å². The lowest BCUT2D eigenvalue weighted by Gasteiger charge is -2.17. The Morgan fingerprint density at radius 1 is 1.31 bits per heavy atom. The zero-order chi connectivity index (χ0) is 19.8. The predicted octanol–water partition coefficient (Wildman–Crippen LogP) is 2.37. The van der Waals surface area contributed by atoms with Crippen LogP contribution in [0.4, 0.5) is 0 Å². The number of nitrogens with one attached hydrogen (secondary N) is 4. The van der Waals surface area contributed by atoms with E-state index in [4.69, 9.17) is 5.73 Å². The topological polar surface area (TPSA) is 112 Å². The molecular weight excluding hydrogens is 364 g/mol. The first-order valence-electron chi connectivity index (χ1n) is 9.69. The van der Waals surface area contributed by atoms with E-state index in [2.05, 4.69) is 31.9 Å². The van der Waals surface area contributed by atoms with Crippen molar-refractivity contribution in [2.75, 3.05) is 6.54 Å². The fraction of sp³-hybridized carbons (Fsp3) is 0.182. The van der Waals surface area contributed by atoms with Gasteiger partial charge in [-0.3, -0.25) is 9.89 Å². The van der Waals surface area contributed by atoms with Crippen LogP contribution >= 0.6 is 0 Å². The Morgan fingerprint density at radius 2 is 2.21 bits per heavy atom. The number of para-hydroxylation sites is 1. The van der Waals surface area contributed by atoms with E-state index in [1.165, 1.54) is 0 Å². The van der Waals surface area contributed by atoms with Crippen LogP contribution in [0.15, 0.2) is 48.9 Å². The number of H-pyrrole nitrogens is 2. The van der Waals surface area contributed by atoms with E-state index >= 15 is 0 Å². The van der Waals surface area contributed by atoms with Gasteiger partial charge in [-0.05, 0) is 42.0 Å². The molecule has 1 aromatic carbocycles. The molecule has 0 radical (unpaired) electrons. The summed E-state index contributed by atoms with van der Waals surface area (Å²) in [5.41, 5.74) is 12.8. The molecule has 146 valence electrons. The molecule has 6 N–H and O–H groups in total. The van der Waals surface area contributed by atoms with Crippen molar-refractivity contribution >= 4 is 22.9 Å². The van der Waals surface area contributed by atoms with Crippen LogP contribution in [-0.2, 0) is 13.0 Å². The molecular formula is C22H22N6O. The molecule has 3 aliphatic rings. The Bertz CT molecular complexity index is 1190. The van der Waals surface area contributed by atoms with Gasteiger partial charge in [-0.1, -0.05) is 18.2 Å². The zero-order valence-corrected chi connectivity index (χ0v) is 15.8. The molecule has 0 unspecified atom stereocenters. The molecule has 29 heavy (non-hydrogen) atoms. The van der Waals surface area contributed by atoms with Gasteiger partial charge >= 0.3 is 0 Å². The van der Waals surface area contributed by atoms with Crippen molar-refractivity contribution in [1.29, 1.82) is 0 Å². The van der Waals surface area contributed by atoms with Gasteiger partial charge in [0.15, 0.2) is 0 Å². The van der Waals surface area contributed by atoms with Crippen LogP contribution in [0.5, 0.6) is 0 Å². The molecule has 0 fully saturated rings. The van der Waals surface area contributed by atoms with Crippen LogP contribution in [0.1, 0.15) is 27.2 Å². The van der Waals surface area contributed by atoms with Crippen LogP contribution < -0.4 is 16.4 Å². The summed E-state index contributed by atoms with van der Waals surface area (Å²) in [4.78, 5) is 16.4. The van der Waals surface area contributed by atoms with Crippen molar-refractivity contribution in [3.63, 3.8) is 0 Å². The molecule has 1 atom stereocenters.